The Kier molecular flexibility index (Phi) is 4.27. The van der Waals surface area contributed by atoms with Crippen molar-refractivity contribution in [1.29, 1.82) is 0 Å². The van der Waals surface area contributed by atoms with E-state index in [0.29, 0.717) is 0 Å². The highest BCUT2D eigenvalue weighted by Gasteiger charge is 2.33. The van der Waals surface area contributed by atoms with Crippen molar-refractivity contribution in [3.63, 3.8) is 0 Å². The first-order valence-corrected chi connectivity index (χ1v) is 8.28. The number of hydrogen-bond donors (Lipinski definition) is 4. The Labute approximate surface area is 168 Å². The molecule has 0 radical (unpaired) electrons. The summed E-state index contributed by atoms with van der Waals surface area (Å²) in [6, 6.07) is 3.05. The van der Waals surface area contributed by atoms with Crippen molar-refractivity contribution in [2.75, 3.05) is 0 Å². The zero-order valence-corrected chi connectivity index (χ0v) is 14.8. The van der Waals surface area contributed by atoms with Gasteiger partial charge in [-0.2, -0.15) is 0 Å². The van der Waals surface area contributed by atoms with E-state index in [1.165, 1.54) is 0 Å². The van der Waals surface area contributed by atoms with Crippen molar-refractivity contribution in [2.45, 2.75) is 0 Å². The van der Waals surface area contributed by atoms with Gasteiger partial charge in [-0.05, 0) is 12.1 Å². The molecule has 0 unspecified atom stereocenters. The van der Waals surface area contributed by atoms with Crippen LogP contribution in [0.5, 0.6) is 17.2 Å². The fraction of sp³-hybridized carbons (Fsp3) is 0. The molecule has 1 aliphatic heterocycles. The van der Waals surface area contributed by atoms with Crippen molar-refractivity contribution in [1.82, 2.24) is 0 Å². The number of benzene rings is 3. The van der Waals surface area contributed by atoms with Gasteiger partial charge in [-0.1, -0.05) is 0 Å². The number of carboxylic acids is 1. The molecule has 0 bridgehead atoms. The van der Waals surface area contributed by atoms with E-state index in [1.54, 1.807) is 0 Å². The highest BCUT2D eigenvalue weighted by molar-refractivity contribution is 6.08. The van der Waals surface area contributed by atoms with Crippen LogP contribution >= 0.6 is 0 Å². The van der Waals surface area contributed by atoms with Crippen LogP contribution in [0.3, 0.4) is 0 Å². The maximum absolute atomic E-state index is 14.9. The minimum atomic E-state index is -2.36. The molecule has 4 N–H and O–H groups in total. The Hall–Kier alpha value is -4.28. The molecular formula is C20H8F4O7. The first kappa shape index (κ1) is 20.0. The van der Waals surface area contributed by atoms with Crippen molar-refractivity contribution < 1.29 is 47.2 Å². The highest BCUT2D eigenvalue weighted by Crippen LogP contribution is 2.46. The summed E-state index contributed by atoms with van der Waals surface area (Å²) in [6.07, 6.45) is 0. The second-order valence-corrected chi connectivity index (χ2v) is 6.44. The molecule has 11 heteroatoms. The second-order valence-electron chi connectivity index (χ2n) is 6.44. The first-order chi connectivity index (χ1) is 14.5. The molecule has 2 aromatic carbocycles. The standard InChI is InChI=1S/C20H8F4O7/c21-16-14(15(20(29)30)17(22)19(24)18(16)23)13-5-1-7(25)9(27)3-11(5)31-12-4-10(28)8(26)2-6(12)13/h1-4,25-27H,(H,29,30). The summed E-state index contributed by atoms with van der Waals surface area (Å²) in [5, 5.41) is 38.4. The van der Waals surface area contributed by atoms with Gasteiger partial charge in [-0.3, -0.25) is 4.79 Å². The molecule has 2 aliphatic rings. The average molecular weight is 436 g/mol. The van der Waals surface area contributed by atoms with Crippen LogP contribution in [0.25, 0.3) is 33.4 Å². The lowest BCUT2D eigenvalue weighted by atomic mass is 9.89. The molecule has 0 saturated heterocycles. The van der Waals surface area contributed by atoms with E-state index in [2.05, 4.69) is 0 Å². The molecule has 2 aromatic rings. The summed E-state index contributed by atoms with van der Waals surface area (Å²) in [7, 11) is 0. The minimum Gasteiger partial charge on any atom is -0.504 e. The van der Waals surface area contributed by atoms with Crippen LogP contribution in [-0.2, 0) is 0 Å². The quantitative estimate of drug-likeness (QED) is 0.123. The SMILES string of the molecule is O=C(O)c1c(F)c(F)c(F)c(F)c1-c1c2cc(O)c(=O)cc-2oc2cc(O)c(O)cc12. The summed E-state index contributed by atoms with van der Waals surface area (Å²) in [5.41, 5.74) is -5.19. The molecule has 0 aromatic heterocycles. The predicted octanol–water partition coefficient (Wildman–Crippen LogP) is 3.94. The molecule has 1 heterocycles. The number of aromatic hydroxyl groups is 3. The van der Waals surface area contributed by atoms with Gasteiger partial charge in [0.2, 0.25) is 5.43 Å². The van der Waals surface area contributed by atoms with Crippen LogP contribution in [0, 0.1) is 23.3 Å². The van der Waals surface area contributed by atoms with Crippen LogP contribution in [0.1, 0.15) is 10.4 Å². The second kappa shape index (κ2) is 6.62. The van der Waals surface area contributed by atoms with Gasteiger partial charge in [-0.15, -0.1) is 0 Å². The Morgan fingerprint density at radius 2 is 1.39 bits per heavy atom. The van der Waals surface area contributed by atoms with Crippen molar-refractivity contribution in [3.8, 4) is 39.7 Å². The zero-order valence-electron chi connectivity index (χ0n) is 14.8. The number of carboxylic acid groups (broad SMARTS) is 1. The summed E-state index contributed by atoms with van der Waals surface area (Å²) < 4.78 is 62.4. The van der Waals surface area contributed by atoms with Crippen LogP contribution in [0.15, 0.2) is 33.5 Å². The molecule has 31 heavy (non-hydrogen) atoms. The van der Waals surface area contributed by atoms with Crippen LogP contribution in [0.2, 0.25) is 0 Å². The number of hydrogen-bond acceptors (Lipinski definition) is 6. The van der Waals surface area contributed by atoms with Gasteiger partial charge in [0.1, 0.15) is 16.9 Å². The number of phenolic OH excluding ortho intramolecular Hbond substituents is 3. The zero-order chi connectivity index (χ0) is 22.8. The Morgan fingerprint density at radius 1 is 0.774 bits per heavy atom. The number of aromatic carboxylic acids is 1. The molecule has 1 aliphatic carbocycles. The van der Waals surface area contributed by atoms with Gasteiger partial charge < -0.3 is 24.8 Å². The highest BCUT2D eigenvalue weighted by atomic mass is 19.2. The summed E-state index contributed by atoms with van der Waals surface area (Å²) >= 11 is 0. The molecular weight excluding hydrogens is 428 g/mol. The third-order valence-electron chi connectivity index (χ3n) is 4.63. The molecule has 158 valence electrons. The van der Waals surface area contributed by atoms with Crippen LogP contribution in [-0.4, -0.2) is 26.4 Å². The largest absolute Gasteiger partial charge is 0.504 e. The number of halogens is 4. The lowest BCUT2D eigenvalue weighted by Crippen LogP contribution is -2.12. The van der Waals surface area contributed by atoms with Crippen LogP contribution < -0.4 is 5.43 Å². The lowest BCUT2D eigenvalue weighted by Gasteiger charge is -2.18. The first-order valence-electron chi connectivity index (χ1n) is 8.28. The van der Waals surface area contributed by atoms with E-state index in [0.717, 1.165) is 24.3 Å². The maximum Gasteiger partial charge on any atom is 0.339 e. The summed E-state index contributed by atoms with van der Waals surface area (Å²) in [6.45, 7) is 0. The Bertz CT molecular complexity index is 1460. The third kappa shape index (κ3) is 2.81. The van der Waals surface area contributed by atoms with E-state index >= 15 is 0 Å². The van der Waals surface area contributed by atoms with E-state index in [9.17, 15) is 47.6 Å². The van der Waals surface area contributed by atoms with Gasteiger partial charge in [0.05, 0.1) is 0 Å². The van der Waals surface area contributed by atoms with Gasteiger partial charge >= 0.3 is 5.97 Å². The fourth-order valence-electron chi connectivity index (χ4n) is 3.27. The number of rotatable bonds is 2. The van der Waals surface area contributed by atoms with E-state index in [4.69, 9.17) is 4.42 Å². The van der Waals surface area contributed by atoms with Crippen molar-refractivity contribution >= 4 is 16.9 Å². The average Bonchev–Trinajstić information content (AvgIpc) is 2.70. The molecule has 0 amide bonds. The smallest absolute Gasteiger partial charge is 0.339 e. The Morgan fingerprint density at radius 3 is 2.03 bits per heavy atom. The van der Waals surface area contributed by atoms with Crippen LogP contribution in [0.4, 0.5) is 17.6 Å². The van der Waals surface area contributed by atoms with Gasteiger partial charge in [0.15, 0.2) is 40.5 Å². The fourth-order valence-corrected chi connectivity index (χ4v) is 3.27. The number of phenols is 3. The Balaban J connectivity index is 2.36. The molecule has 0 fully saturated rings. The topological polar surface area (TPSA) is 128 Å². The van der Waals surface area contributed by atoms with E-state index in [1.807, 2.05) is 0 Å². The van der Waals surface area contributed by atoms with Crippen molar-refractivity contribution in [2.24, 2.45) is 0 Å². The molecule has 7 nitrogen and oxygen atoms in total. The minimum absolute atomic E-state index is 0.358. The predicted molar refractivity (Wildman–Crippen MR) is 96.3 cm³/mol. The third-order valence-corrected chi connectivity index (χ3v) is 4.63. The number of fused-ring (bicyclic) bond motifs is 2. The van der Waals surface area contributed by atoms with E-state index in [-0.39, 0.29) is 16.5 Å². The van der Waals surface area contributed by atoms with E-state index < -0.39 is 74.4 Å². The number of carbonyl (C=O) groups is 1. The van der Waals surface area contributed by atoms with Gasteiger partial charge in [0, 0.05) is 34.2 Å². The lowest BCUT2D eigenvalue weighted by molar-refractivity contribution is 0.0690. The van der Waals surface area contributed by atoms with Gasteiger partial charge in [0.25, 0.3) is 0 Å². The summed E-state index contributed by atoms with van der Waals surface area (Å²) in [4.78, 5) is 23.4. The molecule has 0 spiro atoms. The molecule has 4 rings (SSSR count). The normalized spacial score (nSPS) is 11.4. The van der Waals surface area contributed by atoms with Crippen molar-refractivity contribution in [3.05, 3.63) is 63.3 Å². The molecule has 0 atom stereocenters. The van der Waals surface area contributed by atoms with Gasteiger partial charge in [-0.25, -0.2) is 22.4 Å². The summed E-state index contributed by atoms with van der Waals surface area (Å²) in [5.74, 6) is -13.9. The molecule has 0 saturated carbocycles. The maximum atomic E-state index is 14.9. The monoisotopic (exact) mass is 436 g/mol.